The van der Waals surface area contributed by atoms with Crippen LogP contribution in [0.25, 0.3) is 0 Å². The van der Waals surface area contributed by atoms with Crippen molar-refractivity contribution in [3.8, 4) is 0 Å². The average molecular weight is 282 g/mol. The van der Waals surface area contributed by atoms with Crippen LogP contribution in [0.3, 0.4) is 0 Å². The highest BCUT2D eigenvalue weighted by Crippen LogP contribution is 2.22. The van der Waals surface area contributed by atoms with Crippen LogP contribution in [0.15, 0.2) is 18.2 Å². The van der Waals surface area contributed by atoms with Crippen molar-refractivity contribution in [2.24, 2.45) is 0 Å². The van der Waals surface area contributed by atoms with E-state index in [1.54, 1.807) is 0 Å². The molecule has 1 rings (SSSR count). The molecular weight excluding hydrogens is 254 g/mol. The molecule has 0 fully saturated rings. The maximum atomic E-state index is 6.18. The van der Waals surface area contributed by atoms with Gasteiger partial charge in [-0.25, -0.2) is 0 Å². The van der Waals surface area contributed by atoms with Crippen molar-refractivity contribution >= 4 is 17.3 Å². The van der Waals surface area contributed by atoms with Crippen molar-refractivity contribution in [3.05, 3.63) is 28.8 Å². The number of hydrogen-bond acceptors (Lipinski definition) is 1. The topological polar surface area (TPSA) is 12.0 Å². The van der Waals surface area contributed by atoms with Gasteiger partial charge in [-0.2, -0.15) is 0 Å². The van der Waals surface area contributed by atoms with Gasteiger partial charge in [-0.05, 0) is 31.0 Å². The van der Waals surface area contributed by atoms with Gasteiger partial charge in [0.05, 0.1) is 10.7 Å². The molecule has 0 aliphatic carbocycles. The van der Waals surface area contributed by atoms with E-state index in [0.717, 1.165) is 17.3 Å². The first-order valence-corrected chi connectivity index (χ1v) is 8.12. The van der Waals surface area contributed by atoms with Crippen LogP contribution in [-0.2, 0) is 0 Å². The predicted octanol–water partition coefficient (Wildman–Crippen LogP) is 6.20. The van der Waals surface area contributed by atoms with Crippen molar-refractivity contribution in [3.63, 3.8) is 0 Å². The van der Waals surface area contributed by atoms with Gasteiger partial charge in [0, 0.05) is 6.54 Å². The summed E-state index contributed by atoms with van der Waals surface area (Å²) in [7, 11) is 0. The number of hydrogen-bond donors (Lipinski definition) is 1. The Balaban J connectivity index is 2.01. The third kappa shape index (κ3) is 7.47. The molecule has 1 nitrogen and oxygen atoms in total. The molecular formula is C17H28ClN. The molecule has 0 aliphatic rings. The van der Waals surface area contributed by atoms with Gasteiger partial charge >= 0.3 is 0 Å². The maximum Gasteiger partial charge on any atom is 0.0640 e. The molecule has 2 heteroatoms. The van der Waals surface area contributed by atoms with Crippen LogP contribution < -0.4 is 5.32 Å². The van der Waals surface area contributed by atoms with Gasteiger partial charge in [-0.1, -0.05) is 69.5 Å². The van der Waals surface area contributed by atoms with Gasteiger partial charge in [0.2, 0.25) is 0 Å². The summed E-state index contributed by atoms with van der Waals surface area (Å²) >= 11 is 6.18. The molecule has 0 aromatic heterocycles. The molecule has 0 atom stereocenters. The van der Waals surface area contributed by atoms with Gasteiger partial charge in [-0.15, -0.1) is 0 Å². The normalized spacial score (nSPS) is 10.7. The Kier molecular flexibility index (Phi) is 8.73. The minimum Gasteiger partial charge on any atom is -0.384 e. The second-order valence-electron chi connectivity index (χ2n) is 5.38. The SMILES string of the molecule is CCCCCCCCCCNc1ccc(C)cc1Cl. The fourth-order valence-electron chi connectivity index (χ4n) is 2.25. The third-order valence-corrected chi connectivity index (χ3v) is 3.78. The highest BCUT2D eigenvalue weighted by molar-refractivity contribution is 6.33. The summed E-state index contributed by atoms with van der Waals surface area (Å²) in [5, 5.41) is 4.25. The lowest BCUT2D eigenvalue weighted by molar-refractivity contribution is 0.581. The lowest BCUT2D eigenvalue weighted by atomic mass is 10.1. The lowest BCUT2D eigenvalue weighted by Crippen LogP contribution is -2.02. The minimum absolute atomic E-state index is 0.833. The molecule has 1 aromatic carbocycles. The number of rotatable bonds is 10. The molecule has 0 heterocycles. The second-order valence-corrected chi connectivity index (χ2v) is 5.79. The van der Waals surface area contributed by atoms with Crippen LogP contribution in [0.1, 0.15) is 63.9 Å². The number of unbranched alkanes of at least 4 members (excludes halogenated alkanes) is 7. The lowest BCUT2D eigenvalue weighted by Gasteiger charge is -2.08. The van der Waals surface area contributed by atoms with E-state index in [9.17, 15) is 0 Å². The van der Waals surface area contributed by atoms with Crippen molar-refractivity contribution in [2.45, 2.75) is 65.2 Å². The monoisotopic (exact) mass is 281 g/mol. The molecule has 0 saturated heterocycles. The van der Waals surface area contributed by atoms with Crippen molar-refractivity contribution in [1.82, 2.24) is 0 Å². The fourth-order valence-corrected chi connectivity index (χ4v) is 2.55. The van der Waals surface area contributed by atoms with E-state index in [4.69, 9.17) is 11.6 Å². The van der Waals surface area contributed by atoms with E-state index >= 15 is 0 Å². The zero-order valence-electron chi connectivity index (χ0n) is 12.5. The van der Waals surface area contributed by atoms with E-state index in [1.807, 2.05) is 6.07 Å². The first-order valence-electron chi connectivity index (χ1n) is 7.74. The van der Waals surface area contributed by atoms with Crippen LogP contribution >= 0.6 is 11.6 Å². The molecule has 0 saturated carbocycles. The van der Waals surface area contributed by atoms with E-state index < -0.39 is 0 Å². The summed E-state index contributed by atoms with van der Waals surface area (Å²) in [6.07, 6.45) is 10.9. The van der Waals surface area contributed by atoms with E-state index in [1.165, 1.54) is 56.9 Å². The van der Waals surface area contributed by atoms with Crippen LogP contribution in [0.5, 0.6) is 0 Å². The zero-order valence-corrected chi connectivity index (χ0v) is 13.2. The maximum absolute atomic E-state index is 6.18. The standard InChI is InChI=1S/C17H28ClN/c1-3-4-5-6-7-8-9-10-13-19-17-12-11-15(2)14-16(17)18/h11-12,14,19H,3-10,13H2,1-2H3. The molecule has 0 bridgehead atoms. The summed E-state index contributed by atoms with van der Waals surface area (Å²) in [5.74, 6) is 0. The highest BCUT2D eigenvalue weighted by Gasteiger charge is 1.99. The summed E-state index contributed by atoms with van der Waals surface area (Å²) in [4.78, 5) is 0. The molecule has 1 N–H and O–H groups in total. The van der Waals surface area contributed by atoms with Crippen molar-refractivity contribution in [2.75, 3.05) is 11.9 Å². The number of benzene rings is 1. The fraction of sp³-hybridized carbons (Fsp3) is 0.647. The van der Waals surface area contributed by atoms with Gasteiger partial charge < -0.3 is 5.32 Å². The quantitative estimate of drug-likeness (QED) is 0.503. The number of halogens is 1. The Labute approximate surface area is 123 Å². The Bertz CT molecular complexity index is 349. The summed E-state index contributed by atoms with van der Waals surface area (Å²) in [5.41, 5.74) is 2.28. The zero-order chi connectivity index (χ0) is 13.9. The Hall–Kier alpha value is -0.690. The van der Waals surface area contributed by atoms with Crippen LogP contribution in [0, 0.1) is 6.92 Å². The molecule has 108 valence electrons. The van der Waals surface area contributed by atoms with E-state index in [0.29, 0.717) is 0 Å². The first-order chi connectivity index (χ1) is 9.24. The van der Waals surface area contributed by atoms with Crippen LogP contribution in [0.4, 0.5) is 5.69 Å². The molecule has 0 aliphatic heterocycles. The smallest absolute Gasteiger partial charge is 0.0640 e. The Morgan fingerprint density at radius 1 is 0.947 bits per heavy atom. The third-order valence-electron chi connectivity index (χ3n) is 3.47. The molecule has 0 amide bonds. The van der Waals surface area contributed by atoms with Gasteiger partial charge in [0.15, 0.2) is 0 Å². The van der Waals surface area contributed by atoms with Crippen molar-refractivity contribution < 1.29 is 0 Å². The van der Waals surface area contributed by atoms with Crippen LogP contribution in [-0.4, -0.2) is 6.54 Å². The average Bonchev–Trinajstić information content (AvgIpc) is 2.39. The van der Waals surface area contributed by atoms with Gasteiger partial charge in [-0.3, -0.25) is 0 Å². The Morgan fingerprint density at radius 3 is 2.21 bits per heavy atom. The number of anilines is 1. The summed E-state index contributed by atoms with van der Waals surface area (Å²) in [6, 6.07) is 6.18. The minimum atomic E-state index is 0.833. The molecule has 19 heavy (non-hydrogen) atoms. The molecule has 0 unspecified atom stereocenters. The number of aryl methyl sites for hydroxylation is 1. The molecule has 0 spiro atoms. The van der Waals surface area contributed by atoms with Crippen molar-refractivity contribution in [1.29, 1.82) is 0 Å². The largest absolute Gasteiger partial charge is 0.384 e. The summed E-state index contributed by atoms with van der Waals surface area (Å²) in [6.45, 7) is 5.35. The van der Waals surface area contributed by atoms with E-state index in [2.05, 4.69) is 31.3 Å². The van der Waals surface area contributed by atoms with E-state index in [-0.39, 0.29) is 0 Å². The molecule has 0 radical (unpaired) electrons. The summed E-state index contributed by atoms with van der Waals surface area (Å²) < 4.78 is 0. The first kappa shape index (κ1) is 16.4. The second kappa shape index (κ2) is 10.1. The van der Waals surface area contributed by atoms with Gasteiger partial charge in [0.25, 0.3) is 0 Å². The predicted molar refractivity (Wildman–Crippen MR) is 87.3 cm³/mol. The molecule has 1 aromatic rings. The Morgan fingerprint density at radius 2 is 1.58 bits per heavy atom. The van der Waals surface area contributed by atoms with Gasteiger partial charge in [0.1, 0.15) is 0 Å². The van der Waals surface area contributed by atoms with Crippen LogP contribution in [0.2, 0.25) is 5.02 Å². The number of nitrogens with one attached hydrogen (secondary N) is 1. The highest BCUT2D eigenvalue weighted by atomic mass is 35.5.